The second-order valence-corrected chi connectivity index (χ2v) is 5.75. The Balaban J connectivity index is 2.08. The Morgan fingerprint density at radius 1 is 1.26 bits per heavy atom. The average molecular weight is 262 g/mol. The molecule has 0 bridgehead atoms. The fraction of sp³-hybridized carbons (Fsp3) is 0.733. The predicted octanol–water partition coefficient (Wildman–Crippen LogP) is 3.39. The summed E-state index contributed by atoms with van der Waals surface area (Å²) < 4.78 is 0. The molecule has 0 saturated heterocycles. The third-order valence-electron chi connectivity index (χ3n) is 4.52. The standard InChI is InChI=1S/C15H26N4/c1-3-7-12-13(16)18-11-19-14(12)17-10-15(4-2)8-5-6-9-15/h11H,3-10H2,1-2H3,(H3,16,17,18,19). The Morgan fingerprint density at radius 2 is 2.00 bits per heavy atom. The summed E-state index contributed by atoms with van der Waals surface area (Å²) in [6.45, 7) is 5.46. The zero-order chi connectivity index (χ0) is 13.7. The molecule has 1 heterocycles. The van der Waals surface area contributed by atoms with E-state index in [1.54, 1.807) is 6.33 Å². The highest BCUT2D eigenvalue weighted by molar-refractivity contribution is 5.55. The average Bonchev–Trinajstić information content (AvgIpc) is 2.89. The van der Waals surface area contributed by atoms with Crippen LogP contribution in [0, 0.1) is 5.41 Å². The summed E-state index contributed by atoms with van der Waals surface area (Å²) in [7, 11) is 0. The van der Waals surface area contributed by atoms with Gasteiger partial charge in [0.15, 0.2) is 0 Å². The molecule has 1 fully saturated rings. The first-order chi connectivity index (χ1) is 9.21. The van der Waals surface area contributed by atoms with Crippen molar-refractivity contribution in [2.45, 2.75) is 58.8 Å². The minimum Gasteiger partial charge on any atom is -0.383 e. The van der Waals surface area contributed by atoms with Gasteiger partial charge in [0, 0.05) is 12.1 Å². The normalized spacial score (nSPS) is 17.6. The van der Waals surface area contributed by atoms with Crippen molar-refractivity contribution in [1.82, 2.24) is 9.97 Å². The Bertz CT molecular complexity index is 411. The first-order valence-corrected chi connectivity index (χ1v) is 7.54. The molecule has 1 aliphatic rings. The number of aromatic nitrogens is 2. The van der Waals surface area contributed by atoms with Crippen LogP contribution in [0.2, 0.25) is 0 Å². The minimum atomic E-state index is 0.462. The molecule has 0 aliphatic heterocycles. The van der Waals surface area contributed by atoms with Crippen molar-refractivity contribution in [3.05, 3.63) is 11.9 Å². The molecule has 0 aromatic carbocycles. The lowest BCUT2D eigenvalue weighted by Gasteiger charge is -2.28. The van der Waals surface area contributed by atoms with Gasteiger partial charge in [-0.3, -0.25) is 0 Å². The molecule has 3 N–H and O–H groups in total. The van der Waals surface area contributed by atoms with Crippen molar-refractivity contribution in [3.8, 4) is 0 Å². The summed E-state index contributed by atoms with van der Waals surface area (Å²) in [5.41, 5.74) is 7.51. The summed E-state index contributed by atoms with van der Waals surface area (Å²) in [6.07, 6.45) is 10.2. The molecule has 1 aliphatic carbocycles. The highest BCUT2D eigenvalue weighted by Crippen LogP contribution is 2.41. The zero-order valence-electron chi connectivity index (χ0n) is 12.2. The lowest BCUT2D eigenvalue weighted by atomic mass is 9.83. The number of hydrogen-bond donors (Lipinski definition) is 2. The Morgan fingerprint density at radius 3 is 2.63 bits per heavy atom. The van der Waals surface area contributed by atoms with Crippen LogP contribution >= 0.6 is 0 Å². The SMILES string of the molecule is CCCc1c(N)ncnc1NCC1(CC)CCCC1. The van der Waals surface area contributed by atoms with E-state index in [9.17, 15) is 0 Å². The van der Waals surface area contributed by atoms with Gasteiger partial charge in [0.2, 0.25) is 0 Å². The van der Waals surface area contributed by atoms with Crippen molar-refractivity contribution >= 4 is 11.6 Å². The molecule has 0 unspecified atom stereocenters. The maximum absolute atomic E-state index is 5.97. The molecule has 0 spiro atoms. The van der Waals surface area contributed by atoms with Crippen LogP contribution in [-0.4, -0.2) is 16.5 Å². The van der Waals surface area contributed by atoms with Crippen LogP contribution < -0.4 is 11.1 Å². The Kier molecular flexibility index (Phi) is 4.61. The van der Waals surface area contributed by atoms with E-state index in [0.717, 1.165) is 30.8 Å². The van der Waals surface area contributed by atoms with Crippen molar-refractivity contribution < 1.29 is 0 Å². The molecule has 0 radical (unpaired) electrons. The van der Waals surface area contributed by atoms with Gasteiger partial charge in [-0.2, -0.15) is 0 Å². The Labute approximate surface area is 116 Å². The number of anilines is 2. The van der Waals surface area contributed by atoms with Gasteiger partial charge in [0.1, 0.15) is 18.0 Å². The second kappa shape index (κ2) is 6.22. The smallest absolute Gasteiger partial charge is 0.134 e. The van der Waals surface area contributed by atoms with E-state index in [-0.39, 0.29) is 0 Å². The van der Waals surface area contributed by atoms with Gasteiger partial charge >= 0.3 is 0 Å². The van der Waals surface area contributed by atoms with E-state index in [1.165, 1.54) is 32.1 Å². The van der Waals surface area contributed by atoms with E-state index in [2.05, 4.69) is 29.1 Å². The highest BCUT2D eigenvalue weighted by Gasteiger charge is 2.31. The number of nitrogens with one attached hydrogen (secondary N) is 1. The largest absolute Gasteiger partial charge is 0.383 e. The van der Waals surface area contributed by atoms with Gasteiger partial charge in [-0.05, 0) is 31.1 Å². The molecule has 4 heteroatoms. The van der Waals surface area contributed by atoms with Crippen LogP contribution in [0.4, 0.5) is 11.6 Å². The van der Waals surface area contributed by atoms with Crippen LogP contribution in [-0.2, 0) is 6.42 Å². The first-order valence-electron chi connectivity index (χ1n) is 7.54. The van der Waals surface area contributed by atoms with E-state index >= 15 is 0 Å². The third-order valence-corrected chi connectivity index (χ3v) is 4.52. The summed E-state index contributed by atoms with van der Waals surface area (Å²) in [5, 5.41) is 3.54. The molecule has 1 saturated carbocycles. The maximum atomic E-state index is 5.97. The van der Waals surface area contributed by atoms with Gasteiger partial charge < -0.3 is 11.1 Å². The van der Waals surface area contributed by atoms with Gasteiger partial charge in [-0.15, -0.1) is 0 Å². The monoisotopic (exact) mass is 262 g/mol. The summed E-state index contributed by atoms with van der Waals surface area (Å²) >= 11 is 0. The number of hydrogen-bond acceptors (Lipinski definition) is 4. The van der Waals surface area contributed by atoms with Crippen LogP contribution in [0.25, 0.3) is 0 Å². The molecule has 2 rings (SSSR count). The van der Waals surface area contributed by atoms with Gasteiger partial charge in [0.25, 0.3) is 0 Å². The molecule has 0 amide bonds. The molecule has 4 nitrogen and oxygen atoms in total. The minimum absolute atomic E-state index is 0.462. The third kappa shape index (κ3) is 3.17. The fourth-order valence-corrected chi connectivity index (χ4v) is 3.13. The van der Waals surface area contributed by atoms with E-state index < -0.39 is 0 Å². The van der Waals surface area contributed by atoms with Crippen LogP contribution in [0.1, 0.15) is 57.9 Å². The number of nitrogen functional groups attached to an aromatic ring is 1. The number of rotatable bonds is 6. The van der Waals surface area contributed by atoms with Crippen molar-refractivity contribution in [2.24, 2.45) is 5.41 Å². The van der Waals surface area contributed by atoms with E-state index in [4.69, 9.17) is 5.73 Å². The lowest BCUT2D eigenvalue weighted by Crippen LogP contribution is -2.26. The van der Waals surface area contributed by atoms with E-state index in [1.807, 2.05) is 0 Å². The quantitative estimate of drug-likeness (QED) is 0.824. The zero-order valence-corrected chi connectivity index (χ0v) is 12.2. The lowest BCUT2D eigenvalue weighted by molar-refractivity contribution is 0.306. The number of nitrogens with two attached hydrogens (primary N) is 1. The van der Waals surface area contributed by atoms with E-state index in [0.29, 0.717) is 11.2 Å². The topological polar surface area (TPSA) is 63.8 Å². The molecular formula is C15H26N4. The van der Waals surface area contributed by atoms with Crippen LogP contribution in [0.3, 0.4) is 0 Å². The molecule has 1 aromatic rings. The van der Waals surface area contributed by atoms with Gasteiger partial charge in [-0.1, -0.05) is 33.1 Å². The Hall–Kier alpha value is -1.32. The highest BCUT2D eigenvalue weighted by atomic mass is 15.0. The summed E-state index contributed by atoms with van der Waals surface area (Å²) in [4.78, 5) is 8.48. The van der Waals surface area contributed by atoms with Gasteiger partial charge in [-0.25, -0.2) is 9.97 Å². The number of nitrogens with zero attached hydrogens (tertiary/aromatic N) is 2. The molecule has 19 heavy (non-hydrogen) atoms. The second-order valence-electron chi connectivity index (χ2n) is 5.75. The van der Waals surface area contributed by atoms with Gasteiger partial charge in [0.05, 0.1) is 0 Å². The predicted molar refractivity (Wildman–Crippen MR) is 80.1 cm³/mol. The van der Waals surface area contributed by atoms with Crippen molar-refractivity contribution in [3.63, 3.8) is 0 Å². The first kappa shape index (κ1) is 14.1. The summed E-state index contributed by atoms with van der Waals surface area (Å²) in [5.74, 6) is 1.56. The maximum Gasteiger partial charge on any atom is 0.134 e. The molecular weight excluding hydrogens is 236 g/mol. The van der Waals surface area contributed by atoms with Crippen LogP contribution in [0.15, 0.2) is 6.33 Å². The molecule has 0 atom stereocenters. The molecule has 106 valence electrons. The summed E-state index contributed by atoms with van der Waals surface area (Å²) in [6, 6.07) is 0. The van der Waals surface area contributed by atoms with Crippen LogP contribution in [0.5, 0.6) is 0 Å². The van der Waals surface area contributed by atoms with Crippen molar-refractivity contribution in [1.29, 1.82) is 0 Å². The van der Waals surface area contributed by atoms with Crippen molar-refractivity contribution in [2.75, 3.05) is 17.6 Å². The molecule has 1 aromatic heterocycles. The fourth-order valence-electron chi connectivity index (χ4n) is 3.13.